The van der Waals surface area contributed by atoms with Gasteiger partial charge >= 0.3 is 0 Å². The van der Waals surface area contributed by atoms with Crippen LogP contribution in [0.4, 0.5) is 17.1 Å². The molecule has 2 aromatic heterocycles. The first kappa shape index (κ1) is 28.8. The fourth-order valence-corrected chi connectivity index (χ4v) is 8.12. The maximum Gasteiger partial charge on any atom is 0.151 e. The smallest absolute Gasteiger partial charge is 0.151 e. The lowest BCUT2D eigenvalue weighted by Gasteiger charge is -2.33. The van der Waals surface area contributed by atoms with Gasteiger partial charge in [-0.2, -0.15) is 0 Å². The molecule has 52 heavy (non-hydrogen) atoms. The molecule has 4 nitrogen and oxygen atoms in total. The SMILES string of the molecule is c1ccc2c(c1)Oc1ccccc1N2c1cc(-c2ccccc2-c2cccc3c2oc2ccccc23)cc(-n2c3ccccc3c3ccccc32)c1. The molecule has 0 radical (unpaired) electrons. The molecule has 0 unspecified atom stereocenters. The summed E-state index contributed by atoms with van der Waals surface area (Å²) in [5, 5.41) is 4.69. The first-order valence-corrected chi connectivity index (χ1v) is 17.6. The van der Waals surface area contributed by atoms with Gasteiger partial charge in [0.05, 0.1) is 22.4 Å². The zero-order valence-electron chi connectivity index (χ0n) is 28.0. The number of ether oxygens (including phenoxy) is 1. The van der Waals surface area contributed by atoms with Crippen molar-refractivity contribution in [2.24, 2.45) is 0 Å². The van der Waals surface area contributed by atoms with Gasteiger partial charge in [-0.05, 0) is 77.4 Å². The molecule has 4 heteroatoms. The summed E-state index contributed by atoms with van der Waals surface area (Å²) in [6, 6.07) is 64.3. The Kier molecular flexibility index (Phi) is 6.22. The number of hydrogen-bond donors (Lipinski definition) is 0. The standard InChI is InChI=1S/C48H30N2O2/c1-2-15-35(39-19-13-20-40-38-18-5-10-25-45(38)52-48(39)40)34(14-1)31-28-32(49-41-21-6-3-16-36(41)37-17-4-7-22-42(37)49)30-33(29-31)50-43-23-8-11-26-46(43)51-47-27-12-9-24-44(47)50/h1-30H. The second kappa shape index (κ2) is 11.2. The maximum atomic E-state index is 6.58. The minimum atomic E-state index is 0.821. The summed E-state index contributed by atoms with van der Waals surface area (Å²) in [5.41, 5.74) is 12.6. The van der Waals surface area contributed by atoms with E-state index in [4.69, 9.17) is 9.15 Å². The van der Waals surface area contributed by atoms with E-state index in [0.717, 1.165) is 89.5 Å². The van der Waals surface area contributed by atoms with Gasteiger partial charge in [0, 0.05) is 38.5 Å². The van der Waals surface area contributed by atoms with Gasteiger partial charge in [0.15, 0.2) is 11.5 Å². The van der Waals surface area contributed by atoms with E-state index in [0.29, 0.717) is 0 Å². The lowest BCUT2D eigenvalue weighted by molar-refractivity contribution is 0.477. The van der Waals surface area contributed by atoms with Gasteiger partial charge in [-0.1, -0.05) is 121 Å². The Morgan fingerprint density at radius 3 is 1.65 bits per heavy atom. The number of hydrogen-bond acceptors (Lipinski definition) is 3. The summed E-state index contributed by atoms with van der Waals surface area (Å²) in [4.78, 5) is 2.33. The van der Waals surface area contributed by atoms with Crippen LogP contribution >= 0.6 is 0 Å². The Labute approximate surface area is 300 Å². The number of benzene rings is 8. The zero-order chi connectivity index (χ0) is 34.2. The summed E-state index contributed by atoms with van der Waals surface area (Å²) in [6.45, 7) is 0. The molecule has 0 saturated carbocycles. The number of fused-ring (bicyclic) bond motifs is 8. The van der Waals surface area contributed by atoms with Gasteiger partial charge in [-0.25, -0.2) is 0 Å². The molecule has 0 bridgehead atoms. The summed E-state index contributed by atoms with van der Waals surface area (Å²) in [7, 11) is 0. The molecule has 1 aliphatic heterocycles. The van der Waals surface area contributed by atoms with E-state index in [2.05, 4.69) is 155 Å². The van der Waals surface area contributed by atoms with E-state index in [1.165, 1.54) is 10.8 Å². The van der Waals surface area contributed by atoms with Crippen LogP contribution in [0.15, 0.2) is 186 Å². The molecule has 8 aromatic carbocycles. The van der Waals surface area contributed by atoms with Gasteiger partial charge in [0.1, 0.15) is 11.2 Å². The quantitative estimate of drug-likeness (QED) is 0.187. The van der Waals surface area contributed by atoms with Gasteiger partial charge in [0.2, 0.25) is 0 Å². The Balaban J connectivity index is 1.22. The van der Waals surface area contributed by atoms with Crippen molar-refractivity contribution in [2.75, 3.05) is 4.90 Å². The minimum Gasteiger partial charge on any atom is -0.455 e. The highest BCUT2D eigenvalue weighted by molar-refractivity contribution is 6.11. The van der Waals surface area contributed by atoms with E-state index >= 15 is 0 Å². The maximum absolute atomic E-state index is 6.58. The summed E-state index contributed by atoms with van der Waals surface area (Å²) >= 11 is 0. The van der Waals surface area contributed by atoms with Crippen LogP contribution in [-0.4, -0.2) is 4.57 Å². The average Bonchev–Trinajstić information content (AvgIpc) is 3.76. The molecule has 0 N–H and O–H groups in total. The van der Waals surface area contributed by atoms with Crippen molar-refractivity contribution in [3.05, 3.63) is 182 Å². The van der Waals surface area contributed by atoms with Crippen LogP contribution in [0.25, 0.3) is 71.7 Å². The van der Waals surface area contributed by atoms with Crippen LogP contribution in [0.2, 0.25) is 0 Å². The summed E-state index contributed by atoms with van der Waals surface area (Å²) in [6.07, 6.45) is 0. The topological polar surface area (TPSA) is 30.5 Å². The highest BCUT2D eigenvalue weighted by atomic mass is 16.5. The number of rotatable bonds is 4. The van der Waals surface area contributed by atoms with E-state index in [-0.39, 0.29) is 0 Å². The van der Waals surface area contributed by atoms with Crippen LogP contribution in [0.1, 0.15) is 0 Å². The molecular weight excluding hydrogens is 637 g/mol. The first-order valence-electron chi connectivity index (χ1n) is 17.6. The monoisotopic (exact) mass is 666 g/mol. The van der Waals surface area contributed by atoms with Gasteiger partial charge in [0.25, 0.3) is 0 Å². The van der Waals surface area contributed by atoms with Gasteiger partial charge in [-0.3, -0.25) is 0 Å². The molecule has 0 saturated heterocycles. The van der Waals surface area contributed by atoms with E-state index < -0.39 is 0 Å². The summed E-state index contributed by atoms with van der Waals surface area (Å²) in [5.74, 6) is 1.64. The van der Waals surface area contributed by atoms with Crippen LogP contribution in [0.3, 0.4) is 0 Å². The fraction of sp³-hybridized carbons (Fsp3) is 0. The molecule has 0 amide bonds. The van der Waals surface area contributed by atoms with Crippen molar-refractivity contribution in [3.63, 3.8) is 0 Å². The number of furan rings is 1. The van der Waals surface area contributed by atoms with Crippen LogP contribution in [0.5, 0.6) is 11.5 Å². The molecule has 3 heterocycles. The third-order valence-corrected chi connectivity index (χ3v) is 10.4. The number of anilines is 3. The van der Waals surface area contributed by atoms with Gasteiger partial charge in [-0.15, -0.1) is 0 Å². The average molecular weight is 667 g/mol. The molecular formula is C48H30N2O2. The summed E-state index contributed by atoms with van der Waals surface area (Å²) < 4.78 is 15.4. The largest absolute Gasteiger partial charge is 0.455 e. The zero-order valence-corrected chi connectivity index (χ0v) is 28.0. The highest BCUT2D eigenvalue weighted by Gasteiger charge is 2.27. The van der Waals surface area contributed by atoms with Crippen LogP contribution in [-0.2, 0) is 0 Å². The van der Waals surface area contributed by atoms with Crippen molar-refractivity contribution in [3.8, 4) is 39.4 Å². The van der Waals surface area contributed by atoms with Crippen LogP contribution in [0, 0.1) is 0 Å². The Morgan fingerprint density at radius 2 is 0.923 bits per heavy atom. The number of para-hydroxylation sites is 8. The molecule has 0 spiro atoms. The number of nitrogens with zero attached hydrogens (tertiary/aromatic N) is 2. The minimum absolute atomic E-state index is 0.821. The van der Waals surface area contributed by atoms with E-state index in [1.54, 1.807) is 0 Å². The van der Waals surface area contributed by atoms with E-state index in [9.17, 15) is 0 Å². The third kappa shape index (κ3) is 4.28. The Morgan fingerprint density at radius 1 is 0.385 bits per heavy atom. The molecule has 11 rings (SSSR count). The van der Waals surface area contributed by atoms with Crippen LogP contribution < -0.4 is 9.64 Å². The Bertz CT molecular complexity index is 2920. The molecule has 1 aliphatic rings. The molecule has 10 aromatic rings. The molecule has 0 aliphatic carbocycles. The van der Waals surface area contributed by atoms with Gasteiger partial charge < -0.3 is 18.6 Å². The van der Waals surface area contributed by atoms with Crippen molar-refractivity contribution < 1.29 is 9.15 Å². The predicted molar refractivity (Wildman–Crippen MR) is 214 cm³/mol. The third-order valence-electron chi connectivity index (χ3n) is 10.4. The van der Waals surface area contributed by atoms with Crippen molar-refractivity contribution in [1.82, 2.24) is 4.57 Å². The second-order valence-corrected chi connectivity index (χ2v) is 13.3. The van der Waals surface area contributed by atoms with Crippen molar-refractivity contribution >= 4 is 60.8 Å². The Hall–Kier alpha value is -7.04. The van der Waals surface area contributed by atoms with Crippen molar-refractivity contribution in [2.45, 2.75) is 0 Å². The van der Waals surface area contributed by atoms with E-state index in [1.807, 2.05) is 36.4 Å². The highest BCUT2D eigenvalue weighted by Crippen LogP contribution is 2.51. The predicted octanol–water partition coefficient (Wildman–Crippen LogP) is 13.6. The second-order valence-electron chi connectivity index (χ2n) is 13.3. The lowest BCUT2D eigenvalue weighted by Crippen LogP contribution is -2.16. The normalized spacial score (nSPS) is 12.3. The molecule has 0 atom stereocenters. The first-order chi connectivity index (χ1) is 25.8. The van der Waals surface area contributed by atoms with Crippen molar-refractivity contribution in [1.29, 1.82) is 0 Å². The lowest BCUT2D eigenvalue weighted by atomic mass is 9.92. The molecule has 0 fully saturated rings. The molecule has 244 valence electrons. The fourth-order valence-electron chi connectivity index (χ4n) is 8.12. The number of aromatic nitrogens is 1.